The van der Waals surface area contributed by atoms with Crippen molar-refractivity contribution in [1.82, 2.24) is 0 Å². The lowest BCUT2D eigenvalue weighted by Gasteiger charge is -1.99. The van der Waals surface area contributed by atoms with Crippen LogP contribution in [0.3, 0.4) is 0 Å². The van der Waals surface area contributed by atoms with Gasteiger partial charge in [-0.15, -0.1) is 0 Å². The van der Waals surface area contributed by atoms with Crippen molar-refractivity contribution in [3.63, 3.8) is 0 Å². The van der Waals surface area contributed by atoms with E-state index in [1.54, 1.807) is 12.1 Å². The van der Waals surface area contributed by atoms with Crippen LogP contribution >= 0.6 is 0 Å². The van der Waals surface area contributed by atoms with Crippen molar-refractivity contribution >= 4 is 6.29 Å². The Balaban J connectivity index is 3.50. The fraction of sp³-hybridized carbons (Fsp3) is 0. The predicted molar refractivity (Wildman–Crippen MR) is 42.9 cm³/mol. The zero-order valence-corrected chi connectivity index (χ0v) is 6.48. The van der Waals surface area contributed by atoms with E-state index in [2.05, 4.69) is 0 Å². The average Bonchev–Trinajstić information content (AvgIpc) is 2.18. The van der Waals surface area contributed by atoms with Gasteiger partial charge in [-0.05, 0) is 12.1 Å². The number of hydrogen-bond acceptors (Lipinski definition) is 4. The molecule has 4 nitrogen and oxygen atoms in total. The maximum absolute atomic E-state index is 10.4. The van der Waals surface area contributed by atoms with Crippen LogP contribution in [-0.4, -0.2) is 11.4 Å². The number of benzene rings is 1. The quantitative estimate of drug-likeness (QED) is 0.639. The summed E-state index contributed by atoms with van der Waals surface area (Å²) in [6, 6.07) is 5.92. The minimum Gasteiger partial charge on any atom is -0.506 e. The number of phenolic OH excluding ortho intramolecular Hbond substituents is 1. The summed E-state index contributed by atoms with van der Waals surface area (Å²) in [5.41, 5.74) is 0.0631. The van der Waals surface area contributed by atoms with Gasteiger partial charge in [0.05, 0.1) is 22.8 Å². The summed E-state index contributed by atoms with van der Waals surface area (Å²) in [7, 11) is 0. The summed E-state index contributed by atoms with van der Waals surface area (Å²) < 4.78 is 0. The molecule has 1 aromatic carbocycles. The topological polar surface area (TPSA) is 84.9 Å². The third-order valence-corrected chi connectivity index (χ3v) is 1.52. The van der Waals surface area contributed by atoms with E-state index in [-0.39, 0.29) is 22.4 Å². The van der Waals surface area contributed by atoms with Gasteiger partial charge in [0, 0.05) is 0 Å². The van der Waals surface area contributed by atoms with Crippen molar-refractivity contribution < 1.29 is 9.90 Å². The molecule has 0 saturated carbocycles. The Morgan fingerprint density at radius 1 is 1.31 bits per heavy atom. The van der Waals surface area contributed by atoms with Gasteiger partial charge in [-0.3, -0.25) is 4.79 Å². The molecule has 1 aromatic rings. The summed E-state index contributed by atoms with van der Waals surface area (Å²) in [5, 5.41) is 26.3. The molecule has 0 spiro atoms. The predicted octanol–water partition coefficient (Wildman–Crippen LogP) is 0.948. The van der Waals surface area contributed by atoms with Crippen molar-refractivity contribution in [2.75, 3.05) is 0 Å². The molecule has 0 radical (unpaired) electrons. The number of carbonyl (C=O) groups excluding carboxylic acids is 1. The van der Waals surface area contributed by atoms with Gasteiger partial charge in [-0.1, -0.05) is 0 Å². The molecule has 4 heteroatoms. The molecule has 0 atom stereocenters. The van der Waals surface area contributed by atoms with Crippen molar-refractivity contribution in [2.45, 2.75) is 0 Å². The summed E-state index contributed by atoms with van der Waals surface area (Å²) in [6.45, 7) is 0. The molecular formula is C9H4N2O2. The first-order valence-electron chi connectivity index (χ1n) is 3.35. The molecule has 0 heterocycles. The van der Waals surface area contributed by atoms with Crippen molar-refractivity contribution in [3.05, 3.63) is 28.8 Å². The molecule has 0 amide bonds. The molecule has 0 aliphatic carbocycles. The van der Waals surface area contributed by atoms with E-state index in [0.29, 0.717) is 6.29 Å². The van der Waals surface area contributed by atoms with E-state index in [4.69, 9.17) is 10.5 Å². The Hall–Kier alpha value is -2.33. The first kappa shape index (κ1) is 8.76. The molecule has 0 aromatic heterocycles. The highest BCUT2D eigenvalue weighted by Gasteiger charge is 2.08. The maximum Gasteiger partial charge on any atom is 0.153 e. The maximum atomic E-state index is 10.4. The van der Waals surface area contributed by atoms with Gasteiger partial charge in [0.1, 0.15) is 11.8 Å². The van der Waals surface area contributed by atoms with Crippen LogP contribution in [0.5, 0.6) is 5.75 Å². The second-order valence-electron chi connectivity index (χ2n) is 2.30. The van der Waals surface area contributed by atoms with Gasteiger partial charge in [0.2, 0.25) is 0 Å². The lowest BCUT2D eigenvalue weighted by atomic mass is 10.1. The summed E-state index contributed by atoms with van der Waals surface area (Å²) in [5.74, 6) is -0.378. The number of aldehydes is 1. The molecule has 0 unspecified atom stereocenters. The van der Waals surface area contributed by atoms with Crippen LogP contribution in [-0.2, 0) is 0 Å². The van der Waals surface area contributed by atoms with Gasteiger partial charge in [-0.2, -0.15) is 10.5 Å². The van der Waals surface area contributed by atoms with Crippen LogP contribution in [0.25, 0.3) is 0 Å². The molecule has 0 bridgehead atoms. The Morgan fingerprint density at radius 3 is 2.46 bits per heavy atom. The number of nitriles is 2. The van der Waals surface area contributed by atoms with Crippen LogP contribution in [0.15, 0.2) is 12.1 Å². The number of phenols is 1. The van der Waals surface area contributed by atoms with Gasteiger partial charge in [-0.25, -0.2) is 0 Å². The van der Waals surface area contributed by atoms with E-state index in [1.165, 1.54) is 12.1 Å². The molecule has 13 heavy (non-hydrogen) atoms. The largest absolute Gasteiger partial charge is 0.506 e. The Bertz CT molecular complexity index is 438. The standard InChI is InChI=1S/C9H4N2O2/c10-3-6-1-7(4-11)9(13)8(2-6)5-12/h1-2,5,13H. The third kappa shape index (κ3) is 1.47. The van der Waals surface area contributed by atoms with Crippen LogP contribution in [0.2, 0.25) is 0 Å². The summed E-state index contributed by atoms with van der Waals surface area (Å²) in [4.78, 5) is 10.4. The number of nitrogens with zero attached hydrogens (tertiary/aromatic N) is 2. The van der Waals surface area contributed by atoms with E-state index >= 15 is 0 Å². The normalized spacial score (nSPS) is 8.46. The number of hydrogen-bond donors (Lipinski definition) is 1. The first-order chi connectivity index (χ1) is 6.22. The van der Waals surface area contributed by atoms with Crippen molar-refractivity contribution in [1.29, 1.82) is 10.5 Å². The SMILES string of the molecule is N#Cc1cc(C#N)c(O)c(C=O)c1. The molecule has 62 valence electrons. The second kappa shape index (κ2) is 3.38. The van der Waals surface area contributed by atoms with Gasteiger partial charge < -0.3 is 5.11 Å². The lowest BCUT2D eigenvalue weighted by molar-refractivity contribution is 0.112. The van der Waals surface area contributed by atoms with Crippen LogP contribution in [0.1, 0.15) is 21.5 Å². The summed E-state index contributed by atoms with van der Waals surface area (Å²) >= 11 is 0. The van der Waals surface area contributed by atoms with E-state index in [1.807, 2.05) is 0 Å². The number of rotatable bonds is 1. The molecule has 0 aliphatic heterocycles. The fourth-order valence-electron chi connectivity index (χ4n) is 0.897. The number of aromatic hydroxyl groups is 1. The van der Waals surface area contributed by atoms with Crippen molar-refractivity contribution in [2.24, 2.45) is 0 Å². The lowest BCUT2D eigenvalue weighted by Crippen LogP contribution is -1.88. The third-order valence-electron chi connectivity index (χ3n) is 1.52. The zero-order chi connectivity index (χ0) is 9.84. The first-order valence-corrected chi connectivity index (χ1v) is 3.35. The molecule has 1 N–H and O–H groups in total. The smallest absolute Gasteiger partial charge is 0.153 e. The van der Waals surface area contributed by atoms with Crippen LogP contribution < -0.4 is 0 Å². The number of carbonyl (C=O) groups is 1. The van der Waals surface area contributed by atoms with E-state index in [0.717, 1.165) is 0 Å². The molecular weight excluding hydrogens is 168 g/mol. The Kier molecular flexibility index (Phi) is 2.28. The molecule has 1 rings (SSSR count). The highest BCUT2D eigenvalue weighted by atomic mass is 16.3. The van der Waals surface area contributed by atoms with Crippen LogP contribution in [0, 0.1) is 22.7 Å². The molecule has 0 aliphatic rings. The fourth-order valence-corrected chi connectivity index (χ4v) is 0.897. The molecule has 0 fully saturated rings. The average molecular weight is 172 g/mol. The highest BCUT2D eigenvalue weighted by Crippen LogP contribution is 2.21. The van der Waals surface area contributed by atoms with Crippen LogP contribution in [0.4, 0.5) is 0 Å². The van der Waals surface area contributed by atoms with E-state index < -0.39 is 0 Å². The highest BCUT2D eigenvalue weighted by molar-refractivity contribution is 5.81. The second-order valence-corrected chi connectivity index (χ2v) is 2.30. The molecule has 0 saturated heterocycles. The van der Waals surface area contributed by atoms with Gasteiger partial charge >= 0.3 is 0 Å². The Labute approximate surface area is 74.3 Å². The van der Waals surface area contributed by atoms with Gasteiger partial charge in [0.15, 0.2) is 6.29 Å². The van der Waals surface area contributed by atoms with Crippen molar-refractivity contribution in [3.8, 4) is 17.9 Å². The van der Waals surface area contributed by atoms with E-state index in [9.17, 15) is 9.90 Å². The Morgan fingerprint density at radius 2 is 2.00 bits per heavy atom. The van der Waals surface area contributed by atoms with Gasteiger partial charge in [0.25, 0.3) is 0 Å². The minimum absolute atomic E-state index is 0.0457. The minimum atomic E-state index is -0.378. The zero-order valence-electron chi connectivity index (χ0n) is 6.48. The summed E-state index contributed by atoms with van der Waals surface area (Å²) in [6.07, 6.45) is 0.400. The monoisotopic (exact) mass is 172 g/mol.